The average Bonchev–Trinajstić information content (AvgIpc) is 2.95. The predicted molar refractivity (Wildman–Crippen MR) is 142 cm³/mol. The Morgan fingerprint density at radius 3 is 2.16 bits per heavy atom. The Labute approximate surface area is 245 Å². The molecule has 0 unspecified atom stereocenters. The van der Waals surface area contributed by atoms with Crippen LogP contribution in [0.15, 0.2) is 18.2 Å². The van der Waals surface area contributed by atoms with E-state index in [1.165, 1.54) is 20.1 Å². The van der Waals surface area contributed by atoms with Crippen LogP contribution in [0.5, 0.6) is 17.2 Å². The van der Waals surface area contributed by atoms with Crippen LogP contribution in [-0.2, 0) is 20.6 Å². The first-order chi connectivity index (χ1) is 20.3. The maximum Gasteiger partial charge on any atom is 0.229 e. The molecule has 0 bridgehead atoms. The van der Waals surface area contributed by atoms with Gasteiger partial charge in [0.05, 0.1) is 36.9 Å². The second-order valence-corrected chi connectivity index (χ2v) is 11.4. The minimum absolute atomic E-state index is 0.0143. The number of Topliss-reactive ketones (excluding diaryl/α,β-unsaturated/α-hetero) is 1. The predicted octanol–water partition coefficient (Wildman–Crippen LogP) is -2.56. The van der Waals surface area contributed by atoms with Gasteiger partial charge in [0.15, 0.2) is 12.1 Å². The van der Waals surface area contributed by atoms with Crippen molar-refractivity contribution in [3.63, 3.8) is 0 Å². The van der Waals surface area contributed by atoms with Gasteiger partial charge >= 0.3 is 0 Å². The highest BCUT2D eigenvalue weighted by molar-refractivity contribution is 6.09. The van der Waals surface area contributed by atoms with Gasteiger partial charge in [-0.15, -0.1) is 0 Å². The molecule has 0 radical (unpaired) electrons. The molecule has 238 valence electrons. The smallest absolute Gasteiger partial charge is 0.229 e. The maximum atomic E-state index is 12.9. The van der Waals surface area contributed by atoms with Gasteiger partial charge in [-0.1, -0.05) is 0 Å². The molecule has 3 aliphatic rings. The normalized spacial score (nSPS) is 38.1. The van der Waals surface area contributed by atoms with Crippen molar-refractivity contribution in [2.45, 2.75) is 86.8 Å². The summed E-state index contributed by atoms with van der Waals surface area (Å²) in [5.41, 5.74) is -0.865. The molecular weight excluding hydrogens is 576 g/mol. The topological polar surface area (TPSA) is 245 Å². The number of phenolic OH excluding ortho intramolecular Hbond substituents is 1. The summed E-state index contributed by atoms with van der Waals surface area (Å²) < 4.78 is 27.7. The second kappa shape index (κ2) is 12.0. The molecule has 2 heterocycles. The third kappa shape index (κ3) is 5.91. The molecule has 2 saturated heterocycles. The van der Waals surface area contributed by atoms with E-state index < -0.39 is 91.8 Å². The summed E-state index contributed by atoms with van der Waals surface area (Å²) in [6.07, 6.45) is -16.4. The SMILES string of the molecule is COc1cc(O[C@@H]2O[C@H](CO[C@@H]3O[C@H](CO)[C@@H](O)[C@H](O)[C@H]3O)[C@@H](O)[C@H](O)[C@H]2O)c2c(O)c3c(cc2c1)C[C@](C)(O)CC3=O. The van der Waals surface area contributed by atoms with Crippen molar-refractivity contribution >= 4 is 16.6 Å². The standard InChI is InChI=1S/C28H36O15/c1-28(38)6-11-3-10-4-12(39-2)5-14(18(10)21(33)17(11)13(30)7-28)41-27-25(37)23(35)20(32)16(43-27)9-40-26-24(36)22(34)19(31)15(8-29)42-26/h3-5,15-16,19-20,22-27,29,31-38H,6-9H2,1-2H3/t15-,16-,19-,20-,22+,23+,24-,25-,26-,27-,28+/m1/s1. The molecule has 0 spiro atoms. The highest BCUT2D eigenvalue weighted by Gasteiger charge is 2.48. The number of hydrogen-bond acceptors (Lipinski definition) is 15. The number of aliphatic hydroxyl groups excluding tert-OH is 7. The van der Waals surface area contributed by atoms with Gasteiger partial charge in [-0.2, -0.15) is 0 Å². The summed E-state index contributed by atoms with van der Waals surface area (Å²) in [6.45, 7) is 0.262. The molecule has 0 aromatic heterocycles. The van der Waals surface area contributed by atoms with E-state index in [0.717, 1.165) is 0 Å². The van der Waals surface area contributed by atoms with Crippen LogP contribution in [0.25, 0.3) is 10.8 Å². The van der Waals surface area contributed by atoms with Gasteiger partial charge in [-0.25, -0.2) is 0 Å². The number of ether oxygens (including phenoxy) is 5. The van der Waals surface area contributed by atoms with Gasteiger partial charge < -0.3 is 69.6 Å². The molecule has 2 aromatic rings. The molecule has 43 heavy (non-hydrogen) atoms. The first-order valence-electron chi connectivity index (χ1n) is 13.7. The number of hydrogen-bond donors (Lipinski definition) is 9. The lowest BCUT2D eigenvalue weighted by Gasteiger charge is -2.42. The van der Waals surface area contributed by atoms with E-state index in [9.17, 15) is 50.8 Å². The summed E-state index contributed by atoms with van der Waals surface area (Å²) in [7, 11) is 1.38. The van der Waals surface area contributed by atoms with E-state index in [-0.39, 0.29) is 35.3 Å². The van der Waals surface area contributed by atoms with Crippen LogP contribution in [0.2, 0.25) is 0 Å². The largest absolute Gasteiger partial charge is 0.506 e. The Balaban J connectivity index is 1.42. The average molecular weight is 613 g/mol. The summed E-state index contributed by atoms with van der Waals surface area (Å²) in [4.78, 5) is 12.9. The van der Waals surface area contributed by atoms with Crippen LogP contribution < -0.4 is 9.47 Å². The number of ketones is 1. The third-order valence-electron chi connectivity index (χ3n) is 8.04. The summed E-state index contributed by atoms with van der Waals surface area (Å²) in [6, 6.07) is 4.55. The summed E-state index contributed by atoms with van der Waals surface area (Å²) in [5.74, 6) is -0.727. The number of aliphatic hydroxyl groups is 8. The van der Waals surface area contributed by atoms with Gasteiger partial charge in [-0.3, -0.25) is 4.79 Å². The minimum atomic E-state index is -1.82. The molecule has 0 saturated carbocycles. The molecule has 2 aliphatic heterocycles. The van der Waals surface area contributed by atoms with Crippen LogP contribution in [0.4, 0.5) is 0 Å². The highest BCUT2D eigenvalue weighted by Crippen LogP contribution is 2.45. The molecule has 9 N–H and O–H groups in total. The van der Waals surface area contributed by atoms with Gasteiger partial charge in [0.25, 0.3) is 0 Å². The zero-order valence-electron chi connectivity index (χ0n) is 23.3. The Bertz CT molecular complexity index is 1350. The van der Waals surface area contributed by atoms with Crippen molar-refractivity contribution in [3.8, 4) is 17.2 Å². The fourth-order valence-electron chi connectivity index (χ4n) is 5.75. The Kier molecular flexibility index (Phi) is 8.88. The highest BCUT2D eigenvalue weighted by atomic mass is 16.7. The quantitative estimate of drug-likeness (QED) is 0.156. The lowest BCUT2D eigenvalue weighted by molar-refractivity contribution is -0.323. The van der Waals surface area contributed by atoms with Crippen molar-refractivity contribution in [2.24, 2.45) is 0 Å². The van der Waals surface area contributed by atoms with E-state index in [1.54, 1.807) is 12.1 Å². The second-order valence-electron chi connectivity index (χ2n) is 11.4. The number of methoxy groups -OCH3 is 1. The summed E-state index contributed by atoms with van der Waals surface area (Å²) in [5, 5.41) is 93.6. The molecule has 2 fully saturated rings. The molecular formula is C28H36O15. The fourth-order valence-corrected chi connectivity index (χ4v) is 5.75. The number of fused-ring (bicyclic) bond motifs is 2. The maximum absolute atomic E-state index is 12.9. The zero-order valence-corrected chi connectivity index (χ0v) is 23.3. The fraction of sp³-hybridized carbons (Fsp3) is 0.607. The van der Waals surface area contributed by atoms with Crippen molar-refractivity contribution in [2.75, 3.05) is 20.3 Å². The van der Waals surface area contributed by atoms with E-state index in [2.05, 4.69) is 0 Å². The minimum Gasteiger partial charge on any atom is -0.506 e. The van der Waals surface area contributed by atoms with E-state index >= 15 is 0 Å². The first-order valence-corrected chi connectivity index (χ1v) is 13.7. The van der Waals surface area contributed by atoms with Gasteiger partial charge in [0, 0.05) is 18.9 Å². The molecule has 15 nitrogen and oxygen atoms in total. The number of aromatic hydroxyl groups is 1. The monoisotopic (exact) mass is 612 g/mol. The molecule has 0 amide bonds. The molecule has 1 aliphatic carbocycles. The first kappa shape index (κ1) is 31.7. The van der Waals surface area contributed by atoms with Crippen molar-refractivity contribution in [1.82, 2.24) is 0 Å². The van der Waals surface area contributed by atoms with Crippen LogP contribution in [-0.4, -0.2) is 139 Å². The molecule has 5 rings (SSSR count). The number of phenols is 1. The lowest BCUT2D eigenvalue weighted by Crippen LogP contribution is -2.62. The van der Waals surface area contributed by atoms with Gasteiger partial charge in [0.2, 0.25) is 6.29 Å². The molecule has 15 heteroatoms. The molecule has 2 aromatic carbocycles. The number of carbonyl (C=O) groups excluding carboxylic acids is 1. The van der Waals surface area contributed by atoms with Crippen LogP contribution >= 0.6 is 0 Å². The van der Waals surface area contributed by atoms with Gasteiger partial charge in [-0.05, 0) is 30.0 Å². The number of benzene rings is 2. The van der Waals surface area contributed by atoms with Crippen LogP contribution in [0, 0.1) is 0 Å². The van der Waals surface area contributed by atoms with Crippen LogP contribution in [0.3, 0.4) is 0 Å². The van der Waals surface area contributed by atoms with Crippen molar-refractivity contribution in [1.29, 1.82) is 0 Å². The zero-order chi connectivity index (χ0) is 31.4. The Morgan fingerprint density at radius 2 is 1.51 bits per heavy atom. The van der Waals surface area contributed by atoms with Crippen molar-refractivity contribution in [3.05, 3.63) is 29.3 Å². The van der Waals surface area contributed by atoms with Crippen LogP contribution in [0.1, 0.15) is 29.3 Å². The Morgan fingerprint density at radius 1 is 0.884 bits per heavy atom. The molecule has 11 atom stereocenters. The third-order valence-corrected chi connectivity index (χ3v) is 8.04. The van der Waals surface area contributed by atoms with Gasteiger partial charge in [0.1, 0.15) is 66.1 Å². The summed E-state index contributed by atoms with van der Waals surface area (Å²) >= 11 is 0. The van der Waals surface area contributed by atoms with E-state index in [4.69, 9.17) is 23.7 Å². The van der Waals surface area contributed by atoms with E-state index in [0.29, 0.717) is 10.9 Å². The number of rotatable bonds is 7. The Hall–Kier alpha value is -2.67. The van der Waals surface area contributed by atoms with E-state index in [1.807, 2.05) is 0 Å². The number of carbonyl (C=O) groups is 1. The lowest BCUT2D eigenvalue weighted by atomic mass is 9.79. The van der Waals surface area contributed by atoms with Crippen molar-refractivity contribution < 1.29 is 74.4 Å².